The van der Waals surface area contributed by atoms with Gasteiger partial charge in [0.25, 0.3) is 0 Å². The van der Waals surface area contributed by atoms with Crippen LogP contribution >= 0.6 is 0 Å². The molecule has 0 bridgehead atoms. The molecule has 2 rings (SSSR count). The zero-order valence-electron chi connectivity index (χ0n) is 12.0. The maximum Gasteiger partial charge on any atom is 0.170 e. The smallest absolute Gasteiger partial charge is 0.170 e. The van der Waals surface area contributed by atoms with E-state index in [2.05, 4.69) is 15.2 Å². The highest BCUT2D eigenvalue weighted by Gasteiger charge is 2.11. The zero-order valence-corrected chi connectivity index (χ0v) is 12.0. The molecule has 7 heteroatoms. The Morgan fingerprint density at radius 2 is 2.14 bits per heavy atom. The van der Waals surface area contributed by atoms with Gasteiger partial charge in [0.05, 0.1) is 6.54 Å². The number of benzene rings is 1. The number of nitrogens with two attached hydrogens (primary N) is 1. The van der Waals surface area contributed by atoms with Gasteiger partial charge in [-0.3, -0.25) is 0 Å². The lowest BCUT2D eigenvalue weighted by atomic mass is 10.1. The summed E-state index contributed by atoms with van der Waals surface area (Å²) in [4.78, 5) is 4.39. The van der Waals surface area contributed by atoms with E-state index < -0.39 is 5.82 Å². The van der Waals surface area contributed by atoms with Gasteiger partial charge in [0.1, 0.15) is 11.6 Å². The van der Waals surface area contributed by atoms with Crippen molar-refractivity contribution in [1.82, 2.24) is 14.8 Å². The Kier molecular flexibility index (Phi) is 4.52. The van der Waals surface area contributed by atoms with Gasteiger partial charge in [-0.1, -0.05) is 31.1 Å². The molecule has 0 aliphatic rings. The standard InChI is InChI=1S/C14H18FN5O/c1-3-12-17-13(4-2)20(18-12)8-10-6-5-9(7-11(10)15)14(16)19-21/h5-7,21H,3-4,8H2,1-2H3,(H2,16,19). The van der Waals surface area contributed by atoms with Gasteiger partial charge < -0.3 is 10.9 Å². The molecule has 0 saturated carbocycles. The van der Waals surface area contributed by atoms with Crippen LogP contribution < -0.4 is 5.73 Å². The Hall–Kier alpha value is -2.44. The molecule has 1 aromatic carbocycles. The molecule has 1 aromatic heterocycles. The third kappa shape index (κ3) is 3.18. The molecule has 0 amide bonds. The van der Waals surface area contributed by atoms with E-state index in [1.165, 1.54) is 6.07 Å². The first-order valence-electron chi connectivity index (χ1n) is 6.77. The highest BCUT2D eigenvalue weighted by molar-refractivity contribution is 5.97. The van der Waals surface area contributed by atoms with Crippen molar-refractivity contribution in [3.8, 4) is 0 Å². The van der Waals surface area contributed by atoms with Crippen molar-refractivity contribution in [2.45, 2.75) is 33.2 Å². The lowest BCUT2D eigenvalue weighted by Crippen LogP contribution is -2.14. The molecule has 0 aliphatic carbocycles. The molecule has 2 aromatic rings. The van der Waals surface area contributed by atoms with Gasteiger partial charge in [-0.15, -0.1) is 0 Å². The first-order valence-corrected chi connectivity index (χ1v) is 6.77. The molecule has 0 atom stereocenters. The molecule has 0 saturated heterocycles. The lowest BCUT2D eigenvalue weighted by Gasteiger charge is -2.07. The summed E-state index contributed by atoms with van der Waals surface area (Å²) in [7, 11) is 0. The Balaban J connectivity index is 2.30. The van der Waals surface area contributed by atoms with Crippen LogP contribution in [-0.4, -0.2) is 25.8 Å². The Bertz CT molecular complexity index is 665. The van der Waals surface area contributed by atoms with Crippen LogP contribution in [0.3, 0.4) is 0 Å². The SMILES string of the molecule is CCc1nc(CC)n(Cc2ccc(C(N)=NO)cc2F)n1. The first-order chi connectivity index (χ1) is 10.1. The number of halogens is 1. The number of oxime groups is 1. The molecule has 0 radical (unpaired) electrons. The number of aromatic nitrogens is 3. The van der Waals surface area contributed by atoms with Crippen LogP contribution in [-0.2, 0) is 19.4 Å². The average molecular weight is 291 g/mol. The lowest BCUT2D eigenvalue weighted by molar-refractivity contribution is 0.318. The van der Waals surface area contributed by atoms with Crippen LogP contribution in [0.4, 0.5) is 4.39 Å². The van der Waals surface area contributed by atoms with E-state index in [1.54, 1.807) is 16.8 Å². The molecule has 0 aliphatic heterocycles. The first kappa shape index (κ1) is 15.0. The highest BCUT2D eigenvalue weighted by Crippen LogP contribution is 2.13. The number of aryl methyl sites for hydroxylation is 2. The van der Waals surface area contributed by atoms with E-state index in [4.69, 9.17) is 10.9 Å². The van der Waals surface area contributed by atoms with Crippen molar-refractivity contribution in [2.24, 2.45) is 10.9 Å². The fourth-order valence-electron chi connectivity index (χ4n) is 2.02. The van der Waals surface area contributed by atoms with Crippen LogP contribution in [0.2, 0.25) is 0 Å². The minimum absolute atomic E-state index is 0.122. The van der Waals surface area contributed by atoms with Crippen LogP contribution in [0.15, 0.2) is 23.4 Å². The summed E-state index contributed by atoms with van der Waals surface area (Å²) >= 11 is 0. The van der Waals surface area contributed by atoms with Crippen molar-refractivity contribution in [2.75, 3.05) is 0 Å². The normalized spacial score (nSPS) is 11.9. The molecule has 0 fully saturated rings. The van der Waals surface area contributed by atoms with Gasteiger partial charge in [0, 0.05) is 24.0 Å². The molecule has 0 unspecified atom stereocenters. The van der Waals surface area contributed by atoms with E-state index in [0.29, 0.717) is 17.7 Å². The van der Waals surface area contributed by atoms with E-state index >= 15 is 0 Å². The van der Waals surface area contributed by atoms with Gasteiger partial charge in [-0.05, 0) is 6.07 Å². The second kappa shape index (κ2) is 6.34. The summed E-state index contributed by atoms with van der Waals surface area (Å²) in [5.41, 5.74) is 6.25. The predicted octanol–water partition coefficient (Wildman–Crippen LogP) is 1.68. The minimum Gasteiger partial charge on any atom is -0.409 e. The minimum atomic E-state index is -0.422. The third-order valence-corrected chi connectivity index (χ3v) is 3.20. The highest BCUT2D eigenvalue weighted by atomic mass is 19.1. The van der Waals surface area contributed by atoms with Crippen molar-refractivity contribution >= 4 is 5.84 Å². The van der Waals surface area contributed by atoms with E-state index in [9.17, 15) is 4.39 Å². The molecule has 21 heavy (non-hydrogen) atoms. The van der Waals surface area contributed by atoms with Crippen molar-refractivity contribution in [3.05, 3.63) is 46.8 Å². The average Bonchev–Trinajstić information content (AvgIpc) is 2.90. The number of hydrogen-bond acceptors (Lipinski definition) is 4. The molecular formula is C14H18FN5O. The quantitative estimate of drug-likeness (QED) is 0.379. The van der Waals surface area contributed by atoms with Gasteiger partial charge in [-0.25, -0.2) is 14.1 Å². The second-order valence-corrected chi connectivity index (χ2v) is 4.60. The maximum atomic E-state index is 14.1. The maximum absolute atomic E-state index is 14.1. The van der Waals surface area contributed by atoms with Gasteiger partial charge in [-0.2, -0.15) is 5.10 Å². The number of rotatable bonds is 5. The summed E-state index contributed by atoms with van der Waals surface area (Å²) in [5, 5.41) is 15.8. The summed E-state index contributed by atoms with van der Waals surface area (Å²) in [6.07, 6.45) is 1.47. The fraction of sp³-hybridized carbons (Fsp3) is 0.357. The Labute approximate surface area is 122 Å². The van der Waals surface area contributed by atoms with Crippen LogP contribution in [0, 0.1) is 5.82 Å². The third-order valence-electron chi connectivity index (χ3n) is 3.20. The summed E-state index contributed by atoms with van der Waals surface area (Å²) < 4.78 is 15.8. The molecule has 1 heterocycles. The fourth-order valence-corrected chi connectivity index (χ4v) is 2.02. The predicted molar refractivity (Wildman–Crippen MR) is 76.8 cm³/mol. The van der Waals surface area contributed by atoms with E-state index in [0.717, 1.165) is 24.5 Å². The van der Waals surface area contributed by atoms with Crippen molar-refractivity contribution in [3.63, 3.8) is 0 Å². The number of hydrogen-bond donors (Lipinski definition) is 2. The van der Waals surface area contributed by atoms with Gasteiger partial charge in [0.15, 0.2) is 11.7 Å². The van der Waals surface area contributed by atoms with Crippen LogP contribution in [0.25, 0.3) is 0 Å². The largest absolute Gasteiger partial charge is 0.409 e. The Morgan fingerprint density at radius 1 is 1.38 bits per heavy atom. The van der Waals surface area contributed by atoms with Gasteiger partial charge in [0.2, 0.25) is 0 Å². The van der Waals surface area contributed by atoms with E-state index in [1.807, 2.05) is 13.8 Å². The van der Waals surface area contributed by atoms with E-state index in [-0.39, 0.29) is 5.84 Å². The van der Waals surface area contributed by atoms with Gasteiger partial charge >= 0.3 is 0 Å². The molecular weight excluding hydrogens is 273 g/mol. The van der Waals surface area contributed by atoms with Crippen molar-refractivity contribution in [1.29, 1.82) is 0 Å². The summed E-state index contributed by atoms with van der Waals surface area (Å²) in [5.74, 6) is 1.03. The monoisotopic (exact) mass is 291 g/mol. The van der Waals surface area contributed by atoms with Crippen LogP contribution in [0.5, 0.6) is 0 Å². The molecule has 112 valence electrons. The summed E-state index contributed by atoms with van der Waals surface area (Å²) in [6, 6.07) is 4.46. The van der Waals surface area contributed by atoms with Crippen molar-refractivity contribution < 1.29 is 9.60 Å². The number of nitrogens with zero attached hydrogens (tertiary/aromatic N) is 4. The van der Waals surface area contributed by atoms with Crippen LogP contribution in [0.1, 0.15) is 36.6 Å². The summed E-state index contributed by atoms with van der Waals surface area (Å²) in [6.45, 7) is 4.27. The molecule has 6 nitrogen and oxygen atoms in total. The molecule has 3 N–H and O–H groups in total. The second-order valence-electron chi connectivity index (χ2n) is 4.60. The Morgan fingerprint density at radius 3 is 2.71 bits per heavy atom. The topological polar surface area (TPSA) is 89.3 Å². The molecule has 0 spiro atoms. The zero-order chi connectivity index (χ0) is 15.4. The number of amidine groups is 1.